The summed E-state index contributed by atoms with van der Waals surface area (Å²) in [6.07, 6.45) is 2.17. The minimum Gasteiger partial charge on any atom is -0.370 e. The number of hydrogen-bond acceptors (Lipinski definition) is 1. The Bertz CT molecular complexity index is 372. The molecule has 14 heavy (non-hydrogen) atoms. The third-order valence-corrected chi connectivity index (χ3v) is 3.36. The zero-order chi connectivity index (χ0) is 10.2. The number of hydrogen-bond donors (Lipinski definition) is 1. The van der Waals surface area contributed by atoms with Crippen LogP contribution in [0.5, 0.6) is 0 Å². The fraction of sp³-hybridized carbons (Fsp3) is 0.417. The van der Waals surface area contributed by atoms with Crippen molar-refractivity contribution in [3.8, 4) is 0 Å². The molecule has 0 amide bonds. The van der Waals surface area contributed by atoms with Crippen molar-refractivity contribution in [3.05, 3.63) is 35.4 Å². The first-order valence-corrected chi connectivity index (χ1v) is 5.46. The predicted octanol–water partition coefficient (Wildman–Crippen LogP) is 2.68. The van der Waals surface area contributed by atoms with Gasteiger partial charge in [0, 0.05) is 11.1 Å². The summed E-state index contributed by atoms with van der Waals surface area (Å²) in [7, 11) is 0. The molecule has 1 atom stereocenters. The van der Waals surface area contributed by atoms with Gasteiger partial charge in [0.05, 0.1) is 0 Å². The molecule has 1 aliphatic heterocycles. The van der Waals surface area contributed by atoms with Crippen LogP contribution in [0.15, 0.2) is 24.3 Å². The molecule has 1 aromatic rings. The van der Waals surface area contributed by atoms with Gasteiger partial charge in [-0.05, 0) is 25.3 Å². The molecule has 74 valence electrons. The lowest BCUT2D eigenvalue weighted by atomic mass is 9.84. The molecule has 2 rings (SSSR count). The molecule has 0 saturated heterocycles. The summed E-state index contributed by atoms with van der Waals surface area (Å²) in [6.45, 7) is 4.43. The molecule has 1 nitrogen and oxygen atoms in total. The van der Waals surface area contributed by atoms with Crippen molar-refractivity contribution in [1.29, 1.82) is 0 Å². The van der Waals surface area contributed by atoms with Gasteiger partial charge >= 0.3 is 0 Å². The average Bonchev–Trinajstić information content (AvgIpc) is 2.18. The Balaban J connectivity index is 2.43. The first kappa shape index (κ1) is 9.66. The molecule has 0 radical (unpaired) electrons. The van der Waals surface area contributed by atoms with Crippen molar-refractivity contribution >= 4 is 17.2 Å². The molecule has 0 aliphatic carbocycles. The van der Waals surface area contributed by atoms with Crippen LogP contribution in [-0.4, -0.2) is 10.5 Å². The number of benzene rings is 1. The molecule has 1 heterocycles. The van der Waals surface area contributed by atoms with Crippen molar-refractivity contribution in [3.63, 3.8) is 0 Å². The lowest BCUT2D eigenvalue weighted by molar-refractivity contribution is 0.394. The molecule has 0 bridgehead atoms. The number of thiocarbonyl (C=S) groups is 1. The molecular weight excluding hydrogens is 190 g/mol. The first-order chi connectivity index (χ1) is 6.64. The van der Waals surface area contributed by atoms with Crippen LogP contribution < -0.4 is 5.32 Å². The van der Waals surface area contributed by atoms with E-state index < -0.39 is 0 Å². The Kier molecular flexibility index (Phi) is 2.31. The zero-order valence-electron chi connectivity index (χ0n) is 8.63. The third kappa shape index (κ3) is 1.55. The zero-order valence-corrected chi connectivity index (χ0v) is 9.45. The van der Waals surface area contributed by atoms with E-state index in [4.69, 9.17) is 12.2 Å². The fourth-order valence-corrected chi connectivity index (χ4v) is 2.36. The Morgan fingerprint density at radius 1 is 1.43 bits per heavy atom. The van der Waals surface area contributed by atoms with Gasteiger partial charge in [0.1, 0.15) is 4.99 Å². The van der Waals surface area contributed by atoms with Gasteiger partial charge in [-0.25, -0.2) is 0 Å². The normalized spacial score (nSPS) is 25.4. The van der Waals surface area contributed by atoms with Gasteiger partial charge in [-0.2, -0.15) is 0 Å². The van der Waals surface area contributed by atoms with Crippen LogP contribution >= 0.6 is 12.2 Å². The maximum absolute atomic E-state index is 5.36. The van der Waals surface area contributed by atoms with Crippen LogP contribution in [0.25, 0.3) is 0 Å². The average molecular weight is 205 g/mol. The monoisotopic (exact) mass is 205 g/mol. The summed E-state index contributed by atoms with van der Waals surface area (Å²) < 4.78 is 0. The highest BCUT2D eigenvalue weighted by Gasteiger charge is 2.29. The summed E-state index contributed by atoms with van der Waals surface area (Å²) in [4.78, 5) is 0.899. The summed E-state index contributed by atoms with van der Waals surface area (Å²) in [6, 6.07) is 8.40. The van der Waals surface area contributed by atoms with Crippen molar-refractivity contribution in [2.75, 3.05) is 0 Å². The second-order valence-corrected chi connectivity index (χ2v) is 4.61. The van der Waals surface area contributed by atoms with E-state index in [9.17, 15) is 0 Å². The molecule has 2 heteroatoms. The maximum atomic E-state index is 5.36. The van der Waals surface area contributed by atoms with Gasteiger partial charge in [-0.1, -0.05) is 43.4 Å². The molecular formula is C12H15NS. The van der Waals surface area contributed by atoms with Crippen LogP contribution in [0.2, 0.25) is 0 Å². The summed E-state index contributed by atoms with van der Waals surface area (Å²) in [5.74, 6) is 0. The highest BCUT2D eigenvalue weighted by Crippen LogP contribution is 2.25. The van der Waals surface area contributed by atoms with E-state index in [0.29, 0.717) is 0 Å². The molecule has 1 aromatic carbocycles. The predicted molar refractivity (Wildman–Crippen MR) is 63.7 cm³/mol. The lowest BCUT2D eigenvalue weighted by Gasteiger charge is -2.36. The van der Waals surface area contributed by atoms with Crippen molar-refractivity contribution in [2.45, 2.75) is 32.2 Å². The number of fused-ring (bicyclic) bond motifs is 1. The molecule has 1 aliphatic rings. The van der Waals surface area contributed by atoms with Gasteiger partial charge < -0.3 is 5.32 Å². The summed E-state index contributed by atoms with van der Waals surface area (Å²) in [5, 5.41) is 3.43. The van der Waals surface area contributed by atoms with E-state index >= 15 is 0 Å². The molecule has 1 N–H and O–H groups in total. The van der Waals surface area contributed by atoms with Gasteiger partial charge in [-0.3, -0.25) is 0 Å². The largest absolute Gasteiger partial charge is 0.370 e. The van der Waals surface area contributed by atoms with Crippen molar-refractivity contribution < 1.29 is 0 Å². The number of rotatable bonds is 1. The van der Waals surface area contributed by atoms with E-state index in [2.05, 4.69) is 37.4 Å². The van der Waals surface area contributed by atoms with Crippen LogP contribution in [0.1, 0.15) is 31.4 Å². The van der Waals surface area contributed by atoms with Gasteiger partial charge in [0.25, 0.3) is 0 Å². The SMILES string of the molecule is CC[C@@]1(C)Cc2ccccc2C(=S)N1. The van der Waals surface area contributed by atoms with Crippen LogP contribution in [0.3, 0.4) is 0 Å². The smallest absolute Gasteiger partial charge is 0.107 e. The minimum atomic E-state index is 0.144. The third-order valence-electron chi connectivity index (χ3n) is 3.04. The summed E-state index contributed by atoms with van der Waals surface area (Å²) in [5.41, 5.74) is 2.72. The summed E-state index contributed by atoms with van der Waals surface area (Å²) >= 11 is 5.36. The van der Waals surface area contributed by atoms with Crippen LogP contribution in [-0.2, 0) is 6.42 Å². The van der Waals surface area contributed by atoms with Crippen molar-refractivity contribution in [1.82, 2.24) is 5.32 Å². The highest BCUT2D eigenvalue weighted by atomic mass is 32.1. The van der Waals surface area contributed by atoms with Gasteiger partial charge in [-0.15, -0.1) is 0 Å². The quantitative estimate of drug-likeness (QED) is 0.707. The minimum absolute atomic E-state index is 0.144. The second-order valence-electron chi connectivity index (χ2n) is 4.20. The Labute approximate surface area is 90.5 Å². The van der Waals surface area contributed by atoms with E-state index in [0.717, 1.165) is 17.8 Å². The molecule has 0 aromatic heterocycles. The molecule has 0 saturated carbocycles. The second kappa shape index (κ2) is 3.35. The van der Waals surface area contributed by atoms with E-state index in [1.807, 2.05) is 6.07 Å². The fourth-order valence-electron chi connectivity index (χ4n) is 1.92. The Morgan fingerprint density at radius 3 is 2.86 bits per heavy atom. The van der Waals surface area contributed by atoms with Gasteiger partial charge in [0.2, 0.25) is 0 Å². The first-order valence-electron chi connectivity index (χ1n) is 5.05. The van der Waals surface area contributed by atoms with E-state index in [1.165, 1.54) is 11.1 Å². The number of nitrogens with one attached hydrogen (secondary N) is 1. The lowest BCUT2D eigenvalue weighted by Crippen LogP contribution is -2.50. The standard InChI is InChI=1S/C12H15NS/c1-3-12(2)8-9-6-4-5-7-10(9)11(14)13-12/h4-7H,3,8H2,1-2H3,(H,13,14)/t12-/m0/s1. The van der Waals surface area contributed by atoms with E-state index in [-0.39, 0.29) is 5.54 Å². The van der Waals surface area contributed by atoms with Crippen LogP contribution in [0, 0.1) is 0 Å². The molecule has 0 fully saturated rings. The maximum Gasteiger partial charge on any atom is 0.107 e. The van der Waals surface area contributed by atoms with Crippen molar-refractivity contribution in [2.24, 2.45) is 0 Å². The van der Waals surface area contributed by atoms with E-state index in [1.54, 1.807) is 0 Å². The Morgan fingerprint density at radius 2 is 2.14 bits per heavy atom. The van der Waals surface area contributed by atoms with Crippen LogP contribution in [0.4, 0.5) is 0 Å². The highest BCUT2D eigenvalue weighted by molar-refractivity contribution is 7.80. The molecule has 0 unspecified atom stereocenters. The van der Waals surface area contributed by atoms with Gasteiger partial charge in [0.15, 0.2) is 0 Å². The Hall–Kier alpha value is -0.890. The topological polar surface area (TPSA) is 12.0 Å². The molecule has 0 spiro atoms.